The molecule has 1 unspecified atom stereocenters. The van der Waals surface area contributed by atoms with Gasteiger partial charge < -0.3 is 15.8 Å². The van der Waals surface area contributed by atoms with E-state index in [9.17, 15) is 4.79 Å². The fraction of sp³-hybridized carbons (Fsp3) is 0.364. The van der Waals surface area contributed by atoms with E-state index in [1.54, 1.807) is 7.11 Å². The topological polar surface area (TPSA) is 64.3 Å². The van der Waals surface area contributed by atoms with E-state index in [0.717, 1.165) is 14.6 Å². The van der Waals surface area contributed by atoms with Crippen molar-refractivity contribution in [2.24, 2.45) is 5.73 Å². The fourth-order valence-corrected chi connectivity index (χ4v) is 2.41. The number of carbonyl (C=O) groups is 1. The number of nitrogens with two attached hydrogens (primary N) is 1. The van der Waals surface area contributed by atoms with Gasteiger partial charge in [-0.05, 0) is 34.1 Å². The van der Waals surface area contributed by atoms with E-state index in [4.69, 9.17) is 10.5 Å². The molecule has 0 saturated carbocycles. The Kier molecular flexibility index (Phi) is 6.11. The van der Waals surface area contributed by atoms with Crippen LogP contribution in [-0.2, 0) is 9.53 Å². The molecule has 17 heavy (non-hydrogen) atoms. The summed E-state index contributed by atoms with van der Waals surface area (Å²) in [6, 6.07) is 5.54. The van der Waals surface area contributed by atoms with Crippen molar-refractivity contribution in [3.8, 4) is 0 Å². The van der Waals surface area contributed by atoms with Gasteiger partial charge in [0.1, 0.15) is 0 Å². The fourth-order valence-electron chi connectivity index (χ4n) is 1.26. The summed E-state index contributed by atoms with van der Waals surface area (Å²) < 4.78 is 6.82. The molecule has 0 aromatic heterocycles. The van der Waals surface area contributed by atoms with E-state index in [1.165, 1.54) is 0 Å². The predicted molar refractivity (Wildman–Crippen MR) is 74.9 cm³/mol. The molecule has 6 heteroatoms. The van der Waals surface area contributed by atoms with Gasteiger partial charge in [0.15, 0.2) is 0 Å². The highest BCUT2D eigenvalue weighted by Crippen LogP contribution is 2.26. The lowest BCUT2D eigenvalue weighted by molar-refractivity contribution is -0.118. The average molecular weight is 366 g/mol. The summed E-state index contributed by atoms with van der Waals surface area (Å²) in [4.78, 5) is 11.7. The van der Waals surface area contributed by atoms with Crippen molar-refractivity contribution in [1.82, 2.24) is 0 Å². The minimum atomic E-state index is -0.246. The van der Waals surface area contributed by atoms with Gasteiger partial charge >= 0.3 is 0 Å². The number of ether oxygens (including phenoxy) is 1. The van der Waals surface area contributed by atoms with Gasteiger partial charge in [0, 0.05) is 22.6 Å². The van der Waals surface area contributed by atoms with Crippen molar-refractivity contribution in [3.05, 3.63) is 27.1 Å². The first-order valence-corrected chi connectivity index (χ1v) is 6.63. The molecule has 0 saturated heterocycles. The quantitative estimate of drug-likeness (QED) is 0.842. The van der Waals surface area contributed by atoms with Gasteiger partial charge in [-0.15, -0.1) is 0 Å². The summed E-state index contributed by atoms with van der Waals surface area (Å²) in [7, 11) is 1.54. The zero-order chi connectivity index (χ0) is 12.8. The number of halogens is 2. The van der Waals surface area contributed by atoms with Crippen molar-refractivity contribution >= 4 is 43.5 Å². The SMILES string of the molecule is COC(CN)CC(=O)Nc1ccc(Br)cc1Br. The second-order valence-electron chi connectivity index (χ2n) is 3.47. The van der Waals surface area contributed by atoms with Crippen molar-refractivity contribution in [1.29, 1.82) is 0 Å². The molecule has 3 N–H and O–H groups in total. The summed E-state index contributed by atoms with van der Waals surface area (Å²) in [5.41, 5.74) is 6.18. The van der Waals surface area contributed by atoms with E-state index in [-0.39, 0.29) is 18.4 Å². The zero-order valence-corrected chi connectivity index (χ0v) is 12.5. The Labute approximate surface area is 117 Å². The highest BCUT2D eigenvalue weighted by atomic mass is 79.9. The minimum absolute atomic E-state index is 0.120. The smallest absolute Gasteiger partial charge is 0.227 e. The third-order valence-corrected chi connectivity index (χ3v) is 3.36. The summed E-state index contributed by atoms with van der Waals surface area (Å²) in [5, 5.41) is 2.79. The number of benzene rings is 1. The average Bonchev–Trinajstić information content (AvgIpc) is 2.29. The highest BCUT2D eigenvalue weighted by Gasteiger charge is 2.12. The Balaban J connectivity index is 2.62. The molecule has 0 fully saturated rings. The molecular formula is C11H14Br2N2O2. The first-order valence-electron chi connectivity index (χ1n) is 5.04. The Morgan fingerprint density at radius 2 is 2.24 bits per heavy atom. The number of carbonyl (C=O) groups excluding carboxylic acids is 1. The van der Waals surface area contributed by atoms with Crippen LogP contribution in [0.5, 0.6) is 0 Å². The van der Waals surface area contributed by atoms with Gasteiger partial charge in [-0.1, -0.05) is 15.9 Å². The monoisotopic (exact) mass is 364 g/mol. The maximum Gasteiger partial charge on any atom is 0.227 e. The van der Waals surface area contributed by atoms with E-state index >= 15 is 0 Å². The third-order valence-electron chi connectivity index (χ3n) is 2.21. The van der Waals surface area contributed by atoms with Crippen molar-refractivity contribution in [2.75, 3.05) is 19.0 Å². The van der Waals surface area contributed by atoms with Crippen LogP contribution in [0, 0.1) is 0 Å². The number of rotatable bonds is 5. The number of amides is 1. The number of nitrogens with one attached hydrogen (secondary N) is 1. The Morgan fingerprint density at radius 1 is 1.53 bits per heavy atom. The number of anilines is 1. The van der Waals surface area contributed by atoms with Crippen LogP contribution < -0.4 is 11.1 Å². The Bertz CT molecular complexity index is 395. The van der Waals surface area contributed by atoms with E-state index in [0.29, 0.717) is 6.54 Å². The maximum absolute atomic E-state index is 11.7. The van der Waals surface area contributed by atoms with Crippen LogP contribution in [0.4, 0.5) is 5.69 Å². The van der Waals surface area contributed by atoms with Crippen molar-refractivity contribution in [2.45, 2.75) is 12.5 Å². The zero-order valence-electron chi connectivity index (χ0n) is 9.37. The molecule has 0 aliphatic heterocycles. The predicted octanol–water partition coefficient (Wildman–Crippen LogP) is 2.51. The molecule has 0 spiro atoms. The number of methoxy groups -OCH3 is 1. The lowest BCUT2D eigenvalue weighted by Gasteiger charge is -2.13. The molecule has 0 aliphatic carbocycles. The van der Waals surface area contributed by atoms with Crippen LogP contribution in [0.2, 0.25) is 0 Å². The molecule has 1 rings (SSSR count). The largest absolute Gasteiger partial charge is 0.380 e. The standard InChI is InChI=1S/C11H14Br2N2O2/c1-17-8(6-14)5-11(16)15-10-3-2-7(12)4-9(10)13/h2-4,8H,5-6,14H2,1H3,(H,15,16). The van der Waals surface area contributed by atoms with Crippen LogP contribution in [0.1, 0.15) is 6.42 Å². The highest BCUT2D eigenvalue weighted by molar-refractivity contribution is 9.11. The Hall–Kier alpha value is -0.430. The van der Waals surface area contributed by atoms with Crippen LogP contribution in [0.15, 0.2) is 27.1 Å². The van der Waals surface area contributed by atoms with Gasteiger partial charge in [-0.25, -0.2) is 0 Å². The van der Waals surface area contributed by atoms with Crippen molar-refractivity contribution < 1.29 is 9.53 Å². The Morgan fingerprint density at radius 3 is 2.76 bits per heavy atom. The van der Waals surface area contributed by atoms with Gasteiger partial charge in [0.25, 0.3) is 0 Å². The van der Waals surface area contributed by atoms with Gasteiger partial charge in [-0.3, -0.25) is 4.79 Å². The van der Waals surface area contributed by atoms with Crippen LogP contribution >= 0.6 is 31.9 Å². The van der Waals surface area contributed by atoms with E-state index < -0.39 is 0 Å². The first-order chi connectivity index (χ1) is 8.06. The molecule has 0 heterocycles. The number of hydrogen-bond acceptors (Lipinski definition) is 3. The lowest BCUT2D eigenvalue weighted by atomic mass is 10.2. The molecule has 0 bridgehead atoms. The molecular weight excluding hydrogens is 352 g/mol. The second-order valence-corrected chi connectivity index (χ2v) is 5.24. The lowest BCUT2D eigenvalue weighted by Crippen LogP contribution is -2.28. The maximum atomic E-state index is 11.7. The molecule has 0 radical (unpaired) electrons. The third kappa shape index (κ3) is 4.75. The molecule has 1 amide bonds. The molecule has 0 aliphatic rings. The molecule has 4 nitrogen and oxygen atoms in total. The van der Waals surface area contributed by atoms with Gasteiger partial charge in [0.05, 0.1) is 18.2 Å². The van der Waals surface area contributed by atoms with Crippen LogP contribution in [0.3, 0.4) is 0 Å². The van der Waals surface area contributed by atoms with Gasteiger partial charge in [0.2, 0.25) is 5.91 Å². The molecule has 1 aromatic carbocycles. The molecule has 1 atom stereocenters. The second kappa shape index (κ2) is 7.10. The summed E-state index contributed by atoms with van der Waals surface area (Å²) in [6.45, 7) is 0.325. The number of hydrogen-bond donors (Lipinski definition) is 2. The normalized spacial score (nSPS) is 12.2. The van der Waals surface area contributed by atoms with Crippen LogP contribution in [-0.4, -0.2) is 25.7 Å². The van der Waals surface area contributed by atoms with Crippen molar-refractivity contribution in [3.63, 3.8) is 0 Å². The molecule has 1 aromatic rings. The summed E-state index contributed by atoms with van der Waals surface area (Å²) in [5.74, 6) is -0.120. The van der Waals surface area contributed by atoms with Gasteiger partial charge in [-0.2, -0.15) is 0 Å². The minimum Gasteiger partial charge on any atom is -0.380 e. The first kappa shape index (κ1) is 14.6. The van der Waals surface area contributed by atoms with Crippen LogP contribution in [0.25, 0.3) is 0 Å². The summed E-state index contributed by atoms with van der Waals surface area (Å²) in [6.07, 6.45) is -0.000549. The van der Waals surface area contributed by atoms with E-state index in [2.05, 4.69) is 37.2 Å². The van der Waals surface area contributed by atoms with E-state index in [1.807, 2.05) is 18.2 Å². The molecule has 94 valence electrons. The summed E-state index contributed by atoms with van der Waals surface area (Å²) >= 11 is 6.72.